The van der Waals surface area contributed by atoms with Gasteiger partial charge in [0.05, 0.1) is 12.7 Å². The highest BCUT2D eigenvalue weighted by atomic mass is 19.1. The summed E-state index contributed by atoms with van der Waals surface area (Å²) in [5.74, 6) is -0.324. The van der Waals surface area contributed by atoms with Crippen LogP contribution < -0.4 is 4.74 Å². The highest BCUT2D eigenvalue weighted by Crippen LogP contribution is 2.26. The molecule has 0 saturated carbocycles. The van der Waals surface area contributed by atoms with Crippen LogP contribution in [-0.4, -0.2) is 13.1 Å². The Morgan fingerprint density at radius 2 is 1.68 bits per heavy atom. The minimum atomic E-state index is -0.560. The van der Waals surface area contributed by atoms with E-state index in [2.05, 4.69) is 4.74 Å². The van der Waals surface area contributed by atoms with Gasteiger partial charge in [-0.2, -0.15) is 0 Å². The van der Waals surface area contributed by atoms with E-state index >= 15 is 0 Å². The van der Waals surface area contributed by atoms with Gasteiger partial charge in [-0.15, -0.1) is 0 Å². The van der Waals surface area contributed by atoms with Gasteiger partial charge in [0.2, 0.25) is 0 Å². The first-order chi connectivity index (χ1) is 12.2. The molecule has 3 rings (SSSR count). The first kappa shape index (κ1) is 16.7. The van der Waals surface area contributed by atoms with E-state index < -0.39 is 11.8 Å². The van der Waals surface area contributed by atoms with E-state index in [0.717, 1.165) is 5.56 Å². The molecule has 0 unspecified atom stereocenters. The van der Waals surface area contributed by atoms with Crippen molar-refractivity contribution in [2.75, 3.05) is 7.11 Å². The van der Waals surface area contributed by atoms with Gasteiger partial charge in [0, 0.05) is 5.56 Å². The molecular formula is C21H17FO3. The van der Waals surface area contributed by atoms with Gasteiger partial charge in [-0.3, -0.25) is 0 Å². The summed E-state index contributed by atoms with van der Waals surface area (Å²) in [4.78, 5) is 11.4. The Kier molecular flexibility index (Phi) is 5.09. The number of esters is 1. The fraction of sp³-hybridized carbons (Fsp3) is 0.0952. The molecule has 0 atom stereocenters. The van der Waals surface area contributed by atoms with E-state index in [1.807, 2.05) is 30.3 Å². The summed E-state index contributed by atoms with van der Waals surface area (Å²) in [6.07, 6.45) is 0. The SMILES string of the molecule is COC(=O)c1ccc(-c2ccc(OCc3ccccc3)cc2)c(F)c1. The van der Waals surface area contributed by atoms with E-state index in [1.165, 1.54) is 13.2 Å². The Morgan fingerprint density at radius 1 is 0.960 bits per heavy atom. The largest absolute Gasteiger partial charge is 0.489 e. The molecule has 3 nitrogen and oxygen atoms in total. The van der Waals surface area contributed by atoms with Gasteiger partial charge in [-0.25, -0.2) is 9.18 Å². The highest BCUT2D eigenvalue weighted by molar-refractivity contribution is 5.90. The van der Waals surface area contributed by atoms with Crippen LogP contribution >= 0.6 is 0 Å². The number of carbonyl (C=O) groups excluding carboxylic acids is 1. The summed E-state index contributed by atoms with van der Waals surface area (Å²) in [6, 6.07) is 21.3. The highest BCUT2D eigenvalue weighted by Gasteiger charge is 2.11. The predicted octanol–water partition coefficient (Wildman–Crippen LogP) is 4.86. The van der Waals surface area contributed by atoms with Crippen LogP contribution in [0.4, 0.5) is 4.39 Å². The second kappa shape index (κ2) is 7.62. The van der Waals surface area contributed by atoms with E-state index in [0.29, 0.717) is 23.5 Å². The second-order valence-electron chi connectivity index (χ2n) is 5.48. The van der Waals surface area contributed by atoms with Crippen molar-refractivity contribution in [1.29, 1.82) is 0 Å². The summed E-state index contributed by atoms with van der Waals surface area (Å²) in [5.41, 5.74) is 2.39. The third kappa shape index (κ3) is 4.04. The van der Waals surface area contributed by atoms with E-state index in [-0.39, 0.29) is 5.56 Å². The van der Waals surface area contributed by atoms with Gasteiger partial charge in [0.1, 0.15) is 18.2 Å². The molecule has 0 amide bonds. The Bertz CT molecular complexity index is 858. The molecule has 0 aromatic heterocycles. The fourth-order valence-electron chi connectivity index (χ4n) is 2.47. The number of halogens is 1. The molecule has 0 heterocycles. The van der Waals surface area contributed by atoms with Crippen molar-refractivity contribution in [2.45, 2.75) is 6.61 Å². The van der Waals surface area contributed by atoms with Crippen LogP contribution in [0.1, 0.15) is 15.9 Å². The van der Waals surface area contributed by atoms with Crippen LogP contribution in [0.3, 0.4) is 0 Å². The van der Waals surface area contributed by atoms with Crippen LogP contribution in [0.5, 0.6) is 5.75 Å². The average Bonchev–Trinajstić information content (AvgIpc) is 2.67. The zero-order valence-electron chi connectivity index (χ0n) is 13.7. The van der Waals surface area contributed by atoms with E-state index in [9.17, 15) is 9.18 Å². The molecule has 0 fully saturated rings. The van der Waals surface area contributed by atoms with Gasteiger partial charge < -0.3 is 9.47 Å². The number of hydrogen-bond donors (Lipinski definition) is 0. The molecule has 0 aliphatic heterocycles. The smallest absolute Gasteiger partial charge is 0.337 e. The Morgan fingerprint density at radius 3 is 2.32 bits per heavy atom. The van der Waals surface area contributed by atoms with Crippen molar-refractivity contribution < 1.29 is 18.7 Å². The van der Waals surface area contributed by atoms with Crippen LogP contribution in [0, 0.1) is 5.82 Å². The van der Waals surface area contributed by atoms with Gasteiger partial charge in [0.25, 0.3) is 0 Å². The van der Waals surface area contributed by atoms with E-state index in [1.54, 1.807) is 36.4 Å². The normalized spacial score (nSPS) is 10.3. The minimum Gasteiger partial charge on any atom is -0.489 e. The molecule has 0 aliphatic rings. The van der Waals surface area contributed by atoms with Gasteiger partial charge >= 0.3 is 5.97 Å². The molecule has 0 bridgehead atoms. The predicted molar refractivity (Wildman–Crippen MR) is 93.9 cm³/mol. The monoisotopic (exact) mass is 336 g/mol. The summed E-state index contributed by atoms with van der Waals surface area (Å²) in [7, 11) is 1.27. The quantitative estimate of drug-likeness (QED) is 0.624. The molecule has 25 heavy (non-hydrogen) atoms. The molecule has 3 aromatic carbocycles. The number of rotatable bonds is 5. The fourth-order valence-corrected chi connectivity index (χ4v) is 2.47. The summed E-state index contributed by atoms with van der Waals surface area (Å²) >= 11 is 0. The van der Waals surface area contributed by atoms with Gasteiger partial charge in [-0.1, -0.05) is 48.5 Å². The summed E-state index contributed by atoms with van der Waals surface area (Å²) in [5, 5.41) is 0. The van der Waals surface area contributed by atoms with Crippen molar-refractivity contribution in [3.63, 3.8) is 0 Å². The van der Waals surface area contributed by atoms with Crippen LogP contribution in [0.15, 0.2) is 72.8 Å². The summed E-state index contributed by atoms with van der Waals surface area (Å²) < 4.78 is 24.6. The van der Waals surface area contributed by atoms with Crippen molar-refractivity contribution in [1.82, 2.24) is 0 Å². The number of hydrogen-bond acceptors (Lipinski definition) is 3. The first-order valence-corrected chi connectivity index (χ1v) is 7.82. The van der Waals surface area contributed by atoms with Crippen LogP contribution in [0.2, 0.25) is 0 Å². The molecule has 0 radical (unpaired) electrons. The Balaban J connectivity index is 1.73. The van der Waals surface area contributed by atoms with Gasteiger partial charge in [0.15, 0.2) is 0 Å². The third-order valence-corrected chi connectivity index (χ3v) is 3.80. The lowest BCUT2D eigenvalue weighted by molar-refractivity contribution is 0.0600. The van der Waals surface area contributed by atoms with Crippen molar-refractivity contribution in [3.05, 3.63) is 89.7 Å². The topological polar surface area (TPSA) is 35.5 Å². The Hall–Kier alpha value is -3.14. The molecule has 0 saturated heterocycles. The number of methoxy groups -OCH3 is 1. The van der Waals surface area contributed by atoms with Crippen molar-refractivity contribution >= 4 is 5.97 Å². The molecular weight excluding hydrogens is 319 g/mol. The number of ether oxygens (including phenoxy) is 2. The third-order valence-electron chi connectivity index (χ3n) is 3.80. The standard InChI is InChI=1S/C21H17FO3/c1-24-21(23)17-9-12-19(20(22)13-17)16-7-10-18(11-8-16)25-14-15-5-3-2-4-6-15/h2-13H,14H2,1H3. The molecule has 0 aliphatic carbocycles. The van der Waals surface area contributed by atoms with Crippen LogP contribution in [-0.2, 0) is 11.3 Å². The molecule has 0 N–H and O–H groups in total. The molecule has 126 valence electrons. The van der Waals surface area contributed by atoms with Gasteiger partial charge in [-0.05, 0) is 35.4 Å². The number of benzene rings is 3. The van der Waals surface area contributed by atoms with Crippen molar-refractivity contribution in [2.24, 2.45) is 0 Å². The summed E-state index contributed by atoms with van der Waals surface area (Å²) in [6.45, 7) is 0.475. The lowest BCUT2D eigenvalue weighted by atomic mass is 10.0. The zero-order valence-corrected chi connectivity index (χ0v) is 13.7. The maximum atomic E-state index is 14.3. The second-order valence-corrected chi connectivity index (χ2v) is 5.48. The zero-order chi connectivity index (χ0) is 17.6. The lowest BCUT2D eigenvalue weighted by Gasteiger charge is -2.09. The number of carbonyl (C=O) groups is 1. The maximum absolute atomic E-state index is 14.3. The minimum absolute atomic E-state index is 0.187. The average molecular weight is 336 g/mol. The van der Waals surface area contributed by atoms with E-state index in [4.69, 9.17) is 4.74 Å². The van der Waals surface area contributed by atoms with Crippen LogP contribution in [0.25, 0.3) is 11.1 Å². The maximum Gasteiger partial charge on any atom is 0.337 e. The molecule has 0 spiro atoms. The van der Waals surface area contributed by atoms with Crippen molar-refractivity contribution in [3.8, 4) is 16.9 Å². The lowest BCUT2D eigenvalue weighted by Crippen LogP contribution is -2.02. The Labute approximate surface area is 145 Å². The first-order valence-electron chi connectivity index (χ1n) is 7.82. The molecule has 3 aromatic rings. The molecule has 4 heteroatoms.